The second-order valence-electron chi connectivity index (χ2n) is 8.62. The summed E-state index contributed by atoms with van der Waals surface area (Å²) in [4.78, 5) is 30.9. The Morgan fingerprint density at radius 3 is 2.65 bits per heavy atom. The van der Waals surface area contributed by atoms with Crippen molar-refractivity contribution >= 4 is 22.6 Å². The Bertz CT molecular complexity index is 1210. The first-order valence-electron chi connectivity index (χ1n) is 11.2. The Balaban J connectivity index is 2.07. The van der Waals surface area contributed by atoms with Gasteiger partial charge in [-0.2, -0.15) is 0 Å². The second kappa shape index (κ2) is 9.90. The summed E-state index contributed by atoms with van der Waals surface area (Å²) in [7, 11) is 0. The van der Waals surface area contributed by atoms with Crippen molar-refractivity contribution in [2.75, 3.05) is 6.54 Å². The lowest BCUT2D eigenvalue weighted by Crippen LogP contribution is -2.36. The van der Waals surface area contributed by atoms with E-state index in [9.17, 15) is 9.59 Å². The van der Waals surface area contributed by atoms with E-state index in [1.54, 1.807) is 10.8 Å². The molecule has 0 bridgehead atoms. The molecule has 0 unspecified atom stereocenters. The zero-order chi connectivity index (χ0) is 22.5. The van der Waals surface area contributed by atoms with Crippen LogP contribution in [0.3, 0.4) is 0 Å². The van der Waals surface area contributed by atoms with Crippen molar-refractivity contribution in [1.29, 1.82) is 5.41 Å². The molecule has 0 aliphatic carbocycles. The molecule has 3 aromatic rings. The van der Waals surface area contributed by atoms with Gasteiger partial charge < -0.3 is 9.88 Å². The van der Waals surface area contributed by atoms with Gasteiger partial charge in [0.25, 0.3) is 11.5 Å². The second-order valence-corrected chi connectivity index (χ2v) is 8.62. The van der Waals surface area contributed by atoms with E-state index in [2.05, 4.69) is 12.2 Å². The zero-order valence-corrected chi connectivity index (χ0v) is 19.0. The van der Waals surface area contributed by atoms with Crippen molar-refractivity contribution in [2.24, 2.45) is 5.92 Å². The molecule has 0 spiro atoms. The summed E-state index contributed by atoms with van der Waals surface area (Å²) in [5.41, 5.74) is 1.99. The molecule has 0 saturated carbocycles. The molecule has 31 heavy (non-hydrogen) atoms. The predicted octanol–water partition coefficient (Wildman–Crippen LogP) is 3.79. The minimum atomic E-state index is -0.311. The first kappa shape index (κ1) is 22.7. The van der Waals surface area contributed by atoms with E-state index in [-0.39, 0.29) is 28.4 Å². The van der Waals surface area contributed by atoms with Crippen molar-refractivity contribution in [2.45, 2.75) is 66.3 Å². The lowest BCUT2D eigenvalue weighted by Gasteiger charge is -2.16. The molecule has 3 heterocycles. The normalized spacial score (nSPS) is 11.5. The van der Waals surface area contributed by atoms with Crippen LogP contribution in [0.4, 0.5) is 0 Å². The Labute approximate surface area is 182 Å². The maximum atomic E-state index is 13.2. The Kier molecular flexibility index (Phi) is 7.25. The molecule has 7 heteroatoms. The Morgan fingerprint density at radius 1 is 1.19 bits per heavy atom. The van der Waals surface area contributed by atoms with Crippen LogP contribution in [0.1, 0.15) is 68.8 Å². The topological polar surface area (TPSA) is 92.2 Å². The smallest absolute Gasteiger partial charge is 0.267 e. The van der Waals surface area contributed by atoms with Gasteiger partial charge in [-0.15, -0.1) is 0 Å². The number of amides is 1. The van der Waals surface area contributed by atoms with E-state index in [0.717, 1.165) is 24.8 Å². The molecule has 0 radical (unpaired) electrons. The highest BCUT2D eigenvalue weighted by Gasteiger charge is 2.18. The maximum Gasteiger partial charge on any atom is 0.267 e. The van der Waals surface area contributed by atoms with Crippen molar-refractivity contribution in [3.8, 4) is 0 Å². The van der Waals surface area contributed by atoms with Gasteiger partial charge in [-0.3, -0.25) is 19.4 Å². The van der Waals surface area contributed by atoms with Crippen LogP contribution in [-0.4, -0.2) is 26.4 Å². The van der Waals surface area contributed by atoms with Gasteiger partial charge >= 0.3 is 0 Å². The van der Waals surface area contributed by atoms with E-state index < -0.39 is 0 Å². The molecule has 0 saturated heterocycles. The molecule has 1 amide bonds. The van der Waals surface area contributed by atoms with Gasteiger partial charge in [0.15, 0.2) is 0 Å². The van der Waals surface area contributed by atoms with Crippen molar-refractivity contribution in [3.63, 3.8) is 0 Å². The third kappa shape index (κ3) is 4.86. The number of carbonyl (C=O) groups is 1. The van der Waals surface area contributed by atoms with Gasteiger partial charge in [0.05, 0.1) is 10.9 Å². The fraction of sp³-hybridized carbons (Fsp3) is 0.500. The first-order valence-corrected chi connectivity index (χ1v) is 11.2. The molecule has 0 fully saturated rings. The summed E-state index contributed by atoms with van der Waals surface area (Å²) in [5.74, 6) is -0.0834. The average Bonchev–Trinajstić information content (AvgIpc) is 2.73. The number of aryl methyl sites for hydroxylation is 1. The number of hydrogen-bond donors (Lipinski definition) is 2. The third-order valence-electron chi connectivity index (χ3n) is 5.49. The predicted molar refractivity (Wildman–Crippen MR) is 123 cm³/mol. The lowest BCUT2D eigenvalue weighted by molar-refractivity contribution is 0.0950. The molecular formula is C24H33N5O2. The summed E-state index contributed by atoms with van der Waals surface area (Å²) in [6, 6.07) is 5.25. The minimum absolute atomic E-state index is 0.0921. The fourth-order valence-corrected chi connectivity index (χ4v) is 3.84. The number of fused-ring (bicyclic) bond motifs is 2. The molecule has 3 rings (SSSR count). The van der Waals surface area contributed by atoms with Crippen molar-refractivity contribution < 1.29 is 4.79 Å². The number of unbranched alkanes of at least 4 members (excludes halogenated alkanes) is 4. The van der Waals surface area contributed by atoms with Crippen LogP contribution in [0.5, 0.6) is 0 Å². The molecule has 2 N–H and O–H groups in total. The van der Waals surface area contributed by atoms with Crippen LogP contribution in [-0.2, 0) is 6.54 Å². The maximum absolute atomic E-state index is 13.2. The highest BCUT2D eigenvalue weighted by atomic mass is 16.1. The lowest BCUT2D eigenvalue weighted by atomic mass is 10.1. The number of hydrogen-bond acceptors (Lipinski definition) is 4. The summed E-state index contributed by atoms with van der Waals surface area (Å²) in [5, 5.41) is 12.0. The van der Waals surface area contributed by atoms with Crippen LogP contribution >= 0.6 is 0 Å². The molecule has 3 aromatic heterocycles. The molecule has 7 nitrogen and oxygen atoms in total. The van der Waals surface area contributed by atoms with E-state index in [0.29, 0.717) is 29.8 Å². The summed E-state index contributed by atoms with van der Waals surface area (Å²) >= 11 is 0. The standard InChI is InChI=1S/C24H33N5O2/c1-5-6-7-8-9-12-26-23(30)18-14-19-22(29(20(18)25)15-16(2)3)27-21-17(4)11-10-13-28(21)24(19)31/h10-11,13-14,16,25H,5-9,12,15H2,1-4H3,(H,26,30). The number of nitrogens with one attached hydrogen (secondary N) is 2. The van der Waals surface area contributed by atoms with Gasteiger partial charge in [-0.1, -0.05) is 52.5 Å². The van der Waals surface area contributed by atoms with Crippen molar-refractivity contribution in [1.82, 2.24) is 19.3 Å². The van der Waals surface area contributed by atoms with Gasteiger partial charge in [-0.25, -0.2) is 4.98 Å². The van der Waals surface area contributed by atoms with Crippen LogP contribution in [0.25, 0.3) is 16.7 Å². The molecule has 0 aliphatic heterocycles. The molecular weight excluding hydrogens is 390 g/mol. The van der Waals surface area contributed by atoms with Gasteiger partial charge in [0.1, 0.15) is 16.8 Å². The highest BCUT2D eigenvalue weighted by molar-refractivity contribution is 5.96. The number of carbonyl (C=O) groups excluding carboxylic acids is 1. The van der Waals surface area contributed by atoms with Crippen LogP contribution in [0.15, 0.2) is 29.2 Å². The summed E-state index contributed by atoms with van der Waals surface area (Å²) in [6.45, 7) is 9.23. The monoisotopic (exact) mass is 423 g/mol. The molecule has 0 aliphatic rings. The number of aromatic nitrogens is 3. The zero-order valence-electron chi connectivity index (χ0n) is 19.0. The minimum Gasteiger partial charge on any atom is -0.352 e. The summed E-state index contributed by atoms with van der Waals surface area (Å²) in [6.07, 6.45) is 7.22. The van der Waals surface area contributed by atoms with Gasteiger partial charge in [0, 0.05) is 19.3 Å². The van der Waals surface area contributed by atoms with Crippen molar-refractivity contribution in [3.05, 3.63) is 51.4 Å². The van der Waals surface area contributed by atoms with Crippen LogP contribution < -0.4 is 16.4 Å². The van der Waals surface area contributed by atoms with Gasteiger partial charge in [-0.05, 0) is 37.0 Å². The van der Waals surface area contributed by atoms with E-state index in [4.69, 9.17) is 10.4 Å². The first-order chi connectivity index (χ1) is 14.8. The van der Waals surface area contributed by atoms with Crippen LogP contribution in [0.2, 0.25) is 0 Å². The number of rotatable bonds is 9. The third-order valence-corrected chi connectivity index (χ3v) is 5.49. The largest absolute Gasteiger partial charge is 0.352 e. The molecule has 0 atom stereocenters. The Morgan fingerprint density at radius 2 is 1.94 bits per heavy atom. The molecule has 0 aromatic carbocycles. The number of pyridine rings is 2. The Hall–Kier alpha value is -2.96. The van der Waals surface area contributed by atoms with Crippen LogP contribution in [0, 0.1) is 18.3 Å². The highest BCUT2D eigenvalue weighted by Crippen LogP contribution is 2.14. The fourth-order valence-electron chi connectivity index (χ4n) is 3.84. The van der Waals surface area contributed by atoms with E-state index in [1.807, 2.05) is 32.9 Å². The summed E-state index contributed by atoms with van der Waals surface area (Å²) < 4.78 is 3.21. The molecule has 166 valence electrons. The van der Waals surface area contributed by atoms with E-state index in [1.165, 1.54) is 23.3 Å². The van der Waals surface area contributed by atoms with E-state index >= 15 is 0 Å². The average molecular weight is 424 g/mol. The SMILES string of the molecule is CCCCCCCNC(=O)c1cc2c(=O)n3cccc(C)c3nc2n(CC(C)C)c1=N. The number of nitrogens with zero attached hydrogens (tertiary/aromatic N) is 3. The van der Waals surface area contributed by atoms with Gasteiger partial charge in [0.2, 0.25) is 0 Å². The quantitative estimate of drug-likeness (QED) is 0.405.